The molecule has 1 aromatic heterocycles. The predicted molar refractivity (Wildman–Crippen MR) is 82.9 cm³/mol. The summed E-state index contributed by atoms with van der Waals surface area (Å²) in [5, 5.41) is 9.58. The number of imidazole rings is 1. The standard InChI is InChI=1S/C14H8BrClN4/c15-9-2-3-10(16)12(6-9)20-13-5-8(7-17)1-4-11(13)19-14(20)18/h1-6H,(H2,18,19). The summed E-state index contributed by atoms with van der Waals surface area (Å²) in [7, 11) is 0. The molecule has 0 radical (unpaired) electrons. The predicted octanol–water partition coefficient (Wildman–Crippen LogP) is 3.90. The van der Waals surface area contributed by atoms with E-state index >= 15 is 0 Å². The second-order valence-corrected chi connectivity index (χ2v) is 5.54. The molecule has 0 unspecified atom stereocenters. The Morgan fingerprint density at radius 3 is 2.80 bits per heavy atom. The fourth-order valence-electron chi connectivity index (χ4n) is 2.07. The van der Waals surface area contributed by atoms with Crippen molar-refractivity contribution < 1.29 is 0 Å². The van der Waals surface area contributed by atoms with Crippen LogP contribution in [0.15, 0.2) is 40.9 Å². The monoisotopic (exact) mass is 346 g/mol. The Hall–Kier alpha value is -2.03. The van der Waals surface area contributed by atoms with Crippen molar-refractivity contribution in [2.24, 2.45) is 0 Å². The highest BCUT2D eigenvalue weighted by Gasteiger charge is 2.13. The van der Waals surface area contributed by atoms with Gasteiger partial charge in [-0.05, 0) is 36.4 Å². The summed E-state index contributed by atoms with van der Waals surface area (Å²) < 4.78 is 2.62. The number of nitrogen functional groups attached to an aromatic ring is 1. The van der Waals surface area contributed by atoms with E-state index in [1.54, 1.807) is 28.8 Å². The van der Waals surface area contributed by atoms with E-state index in [1.165, 1.54) is 0 Å². The quantitative estimate of drug-likeness (QED) is 0.726. The van der Waals surface area contributed by atoms with Crippen LogP contribution in [-0.4, -0.2) is 9.55 Å². The Morgan fingerprint density at radius 1 is 1.25 bits per heavy atom. The molecule has 0 spiro atoms. The molecule has 3 aromatic rings. The Labute approximate surface area is 128 Å². The lowest BCUT2D eigenvalue weighted by Crippen LogP contribution is -2.01. The van der Waals surface area contributed by atoms with Gasteiger partial charge in [-0.3, -0.25) is 4.57 Å². The van der Waals surface area contributed by atoms with Crippen LogP contribution in [0, 0.1) is 11.3 Å². The number of hydrogen-bond acceptors (Lipinski definition) is 3. The summed E-state index contributed by atoms with van der Waals surface area (Å²) in [4.78, 5) is 4.29. The molecule has 3 rings (SSSR count). The summed E-state index contributed by atoms with van der Waals surface area (Å²) >= 11 is 9.66. The first-order valence-electron chi connectivity index (χ1n) is 5.73. The van der Waals surface area contributed by atoms with E-state index in [0.29, 0.717) is 16.5 Å². The zero-order valence-electron chi connectivity index (χ0n) is 10.1. The molecule has 98 valence electrons. The maximum Gasteiger partial charge on any atom is 0.205 e. The fourth-order valence-corrected chi connectivity index (χ4v) is 2.62. The lowest BCUT2D eigenvalue weighted by atomic mass is 10.2. The third-order valence-electron chi connectivity index (χ3n) is 2.96. The molecule has 6 heteroatoms. The van der Waals surface area contributed by atoms with Crippen molar-refractivity contribution in [2.75, 3.05) is 5.73 Å². The van der Waals surface area contributed by atoms with Crippen LogP contribution in [-0.2, 0) is 0 Å². The number of fused-ring (bicyclic) bond motifs is 1. The normalized spacial score (nSPS) is 10.7. The number of nitrogens with two attached hydrogens (primary N) is 1. The Kier molecular flexibility index (Phi) is 3.13. The number of hydrogen-bond donors (Lipinski definition) is 1. The third kappa shape index (κ3) is 2.03. The minimum Gasteiger partial charge on any atom is -0.369 e. The highest BCUT2D eigenvalue weighted by atomic mass is 79.9. The van der Waals surface area contributed by atoms with Crippen LogP contribution in [0.4, 0.5) is 5.95 Å². The number of halogens is 2. The second-order valence-electron chi connectivity index (χ2n) is 4.22. The van der Waals surface area contributed by atoms with E-state index in [9.17, 15) is 0 Å². The van der Waals surface area contributed by atoms with Crippen LogP contribution in [0.25, 0.3) is 16.7 Å². The Balaban J connectivity index is 2.38. The molecule has 0 saturated heterocycles. The molecule has 0 aliphatic heterocycles. The lowest BCUT2D eigenvalue weighted by Gasteiger charge is -2.09. The van der Waals surface area contributed by atoms with E-state index in [0.717, 1.165) is 21.2 Å². The first-order valence-corrected chi connectivity index (χ1v) is 6.91. The molecule has 2 aromatic carbocycles. The number of nitrogens with zero attached hydrogens (tertiary/aromatic N) is 3. The van der Waals surface area contributed by atoms with Crippen LogP contribution in [0.2, 0.25) is 5.02 Å². The summed E-state index contributed by atoms with van der Waals surface area (Å²) in [5.74, 6) is 0.329. The Bertz CT molecular complexity index is 863. The van der Waals surface area contributed by atoms with Crippen LogP contribution in [0.3, 0.4) is 0 Å². The molecule has 0 bridgehead atoms. The third-order valence-corrected chi connectivity index (χ3v) is 3.77. The van der Waals surface area contributed by atoms with Crippen LogP contribution < -0.4 is 5.73 Å². The number of benzene rings is 2. The van der Waals surface area contributed by atoms with Gasteiger partial charge in [0.25, 0.3) is 0 Å². The summed E-state index contributed by atoms with van der Waals surface area (Å²) in [6.07, 6.45) is 0. The topological polar surface area (TPSA) is 67.6 Å². The van der Waals surface area contributed by atoms with Gasteiger partial charge in [-0.25, -0.2) is 4.98 Å². The van der Waals surface area contributed by atoms with Crippen LogP contribution in [0.1, 0.15) is 5.56 Å². The zero-order valence-corrected chi connectivity index (χ0v) is 12.5. The molecule has 0 atom stereocenters. The van der Waals surface area contributed by atoms with Gasteiger partial charge in [-0.15, -0.1) is 0 Å². The lowest BCUT2D eigenvalue weighted by molar-refractivity contribution is 1.11. The molecule has 4 nitrogen and oxygen atoms in total. The molecular weight excluding hydrogens is 340 g/mol. The molecule has 20 heavy (non-hydrogen) atoms. The maximum atomic E-state index is 9.02. The van der Waals surface area contributed by atoms with Crippen molar-refractivity contribution in [1.82, 2.24) is 9.55 Å². The molecule has 0 aliphatic rings. The minimum atomic E-state index is 0.329. The van der Waals surface area contributed by atoms with Crippen molar-refractivity contribution >= 4 is 44.5 Å². The van der Waals surface area contributed by atoms with Gasteiger partial charge in [0.1, 0.15) is 0 Å². The average Bonchev–Trinajstić information content (AvgIpc) is 2.76. The number of rotatable bonds is 1. The fraction of sp³-hybridized carbons (Fsp3) is 0. The summed E-state index contributed by atoms with van der Waals surface area (Å²) in [6.45, 7) is 0. The van der Waals surface area contributed by atoms with E-state index < -0.39 is 0 Å². The van der Waals surface area contributed by atoms with Gasteiger partial charge in [0.05, 0.1) is 33.4 Å². The average molecular weight is 348 g/mol. The van der Waals surface area contributed by atoms with Crippen molar-refractivity contribution in [3.05, 3.63) is 51.5 Å². The maximum absolute atomic E-state index is 9.02. The van der Waals surface area contributed by atoms with E-state index in [4.69, 9.17) is 22.6 Å². The van der Waals surface area contributed by atoms with Gasteiger partial charge >= 0.3 is 0 Å². The smallest absolute Gasteiger partial charge is 0.205 e. The van der Waals surface area contributed by atoms with Gasteiger partial charge < -0.3 is 5.73 Å². The zero-order chi connectivity index (χ0) is 14.3. The van der Waals surface area contributed by atoms with Crippen molar-refractivity contribution in [2.45, 2.75) is 0 Å². The molecule has 0 amide bonds. The van der Waals surface area contributed by atoms with Crippen molar-refractivity contribution in [1.29, 1.82) is 5.26 Å². The van der Waals surface area contributed by atoms with Gasteiger partial charge in [0.15, 0.2) is 0 Å². The summed E-state index contributed by atoms with van der Waals surface area (Å²) in [6, 6.07) is 12.8. The first-order chi connectivity index (χ1) is 9.60. The SMILES string of the molecule is N#Cc1ccc2nc(N)n(-c3cc(Br)ccc3Cl)c2c1. The molecule has 0 aliphatic carbocycles. The van der Waals surface area contributed by atoms with Gasteiger partial charge in [-0.2, -0.15) is 5.26 Å². The van der Waals surface area contributed by atoms with E-state index in [-0.39, 0.29) is 0 Å². The summed E-state index contributed by atoms with van der Waals surface area (Å²) in [5.41, 5.74) is 8.73. The highest BCUT2D eigenvalue weighted by Crippen LogP contribution is 2.30. The number of anilines is 1. The molecular formula is C14H8BrClN4. The number of nitriles is 1. The highest BCUT2D eigenvalue weighted by molar-refractivity contribution is 9.10. The largest absolute Gasteiger partial charge is 0.369 e. The minimum absolute atomic E-state index is 0.329. The molecule has 0 saturated carbocycles. The number of aromatic nitrogens is 2. The van der Waals surface area contributed by atoms with E-state index in [1.807, 2.05) is 12.1 Å². The van der Waals surface area contributed by atoms with Crippen molar-refractivity contribution in [3.8, 4) is 11.8 Å². The van der Waals surface area contributed by atoms with Crippen molar-refractivity contribution in [3.63, 3.8) is 0 Å². The van der Waals surface area contributed by atoms with Gasteiger partial charge in [0.2, 0.25) is 5.95 Å². The van der Waals surface area contributed by atoms with E-state index in [2.05, 4.69) is 27.0 Å². The molecule has 1 heterocycles. The van der Waals surface area contributed by atoms with Crippen LogP contribution >= 0.6 is 27.5 Å². The van der Waals surface area contributed by atoms with Gasteiger partial charge in [-0.1, -0.05) is 27.5 Å². The van der Waals surface area contributed by atoms with Crippen LogP contribution in [0.5, 0.6) is 0 Å². The van der Waals surface area contributed by atoms with Gasteiger partial charge in [0, 0.05) is 4.47 Å². The Morgan fingerprint density at radius 2 is 2.05 bits per heavy atom. The molecule has 0 fully saturated rings. The molecule has 2 N–H and O–H groups in total. The first kappa shape index (κ1) is 13.0. The second kappa shape index (κ2) is 4.82.